The van der Waals surface area contributed by atoms with Crippen molar-refractivity contribution >= 4 is 11.8 Å². The molecule has 6 atom stereocenters. The third kappa shape index (κ3) is 9.62. The molecule has 55 heavy (non-hydrogen) atoms. The van der Waals surface area contributed by atoms with E-state index in [0.717, 1.165) is 42.5 Å². The monoisotopic (exact) mass is 762 g/mol. The van der Waals surface area contributed by atoms with Crippen LogP contribution in [0.5, 0.6) is 11.5 Å². The SMILES string of the molecule is C=CCCOC(=O)N(CCC)C1CC(=NOCC)C2=CC(CCCCO)C(CCCCO)C3c4cc(OCc5ccccc5F)ccc4OC1(OCC=C)C23. The predicted molar refractivity (Wildman–Crippen MR) is 210 cm³/mol. The minimum atomic E-state index is -1.38. The normalized spacial score (nSPS) is 24.5. The second-order valence-electron chi connectivity index (χ2n) is 14.5. The van der Waals surface area contributed by atoms with Crippen LogP contribution in [0.2, 0.25) is 0 Å². The Morgan fingerprint density at radius 1 is 1.07 bits per heavy atom. The van der Waals surface area contributed by atoms with Gasteiger partial charge in [0.05, 0.1) is 24.8 Å². The number of oxime groups is 1. The summed E-state index contributed by atoms with van der Waals surface area (Å²) in [6.07, 6.45) is 11.3. The quantitative estimate of drug-likeness (QED) is 0.0697. The number of nitrogens with zero attached hydrogens (tertiary/aromatic N) is 2. The fraction of sp³-hybridized carbons (Fsp3) is 0.545. The van der Waals surface area contributed by atoms with Crippen molar-refractivity contribution < 1.29 is 43.2 Å². The van der Waals surface area contributed by atoms with Crippen molar-refractivity contribution in [3.63, 3.8) is 0 Å². The number of amides is 1. The Balaban J connectivity index is 1.73. The van der Waals surface area contributed by atoms with Gasteiger partial charge in [0.25, 0.3) is 0 Å². The summed E-state index contributed by atoms with van der Waals surface area (Å²) in [5.74, 6) is -1.05. The smallest absolute Gasteiger partial charge is 0.410 e. The highest BCUT2D eigenvalue weighted by Crippen LogP contribution is 2.62. The number of benzene rings is 2. The molecule has 1 fully saturated rings. The molecule has 2 aromatic carbocycles. The van der Waals surface area contributed by atoms with E-state index in [1.807, 2.05) is 32.0 Å². The number of hydrogen-bond acceptors (Lipinski definition) is 9. The van der Waals surface area contributed by atoms with Gasteiger partial charge in [0, 0.05) is 43.2 Å². The van der Waals surface area contributed by atoms with E-state index in [-0.39, 0.29) is 56.6 Å². The van der Waals surface area contributed by atoms with Crippen LogP contribution in [0.4, 0.5) is 9.18 Å². The van der Waals surface area contributed by atoms with Crippen LogP contribution >= 0.6 is 0 Å². The third-order valence-corrected chi connectivity index (χ3v) is 10.9. The van der Waals surface area contributed by atoms with Gasteiger partial charge in [0.1, 0.15) is 36.6 Å². The fourth-order valence-corrected chi connectivity index (χ4v) is 8.58. The first-order valence-electron chi connectivity index (χ1n) is 20.0. The molecule has 5 rings (SSSR count). The Morgan fingerprint density at radius 3 is 2.56 bits per heavy atom. The van der Waals surface area contributed by atoms with Crippen molar-refractivity contribution in [1.29, 1.82) is 0 Å². The Hall–Kier alpha value is -4.19. The van der Waals surface area contributed by atoms with Gasteiger partial charge in [0.15, 0.2) is 0 Å². The maximum Gasteiger partial charge on any atom is 0.410 e. The number of allylic oxidation sites excluding steroid dienone is 1. The molecule has 6 unspecified atom stereocenters. The molecule has 0 aromatic heterocycles. The van der Waals surface area contributed by atoms with Gasteiger partial charge in [0.2, 0.25) is 5.79 Å². The number of carbonyl (C=O) groups excluding carboxylic acids is 1. The fourth-order valence-electron chi connectivity index (χ4n) is 8.58. The van der Waals surface area contributed by atoms with Gasteiger partial charge in [-0.3, -0.25) is 4.90 Å². The number of aliphatic hydroxyl groups excluding tert-OH is 2. The summed E-state index contributed by atoms with van der Waals surface area (Å²) in [5, 5.41) is 24.4. The summed E-state index contributed by atoms with van der Waals surface area (Å²) in [7, 11) is 0. The van der Waals surface area contributed by atoms with Crippen LogP contribution in [0.3, 0.4) is 0 Å². The average molecular weight is 763 g/mol. The van der Waals surface area contributed by atoms with Crippen LogP contribution in [0.15, 0.2) is 84.6 Å². The molecule has 2 N–H and O–H groups in total. The van der Waals surface area contributed by atoms with E-state index < -0.39 is 23.8 Å². The second kappa shape index (κ2) is 20.6. The Bertz CT molecular complexity index is 1650. The third-order valence-electron chi connectivity index (χ3n) is 10.9. The van der Waals surface area contributed by atoms with Crippen molar-refractivity contribution in [2.24, 2.45) is 22.9 Å². The molecule has 1 aliphatic heterocycles. The van der Waals surface area contributed by atoms with Gasteiger partial charge in [-0.15, -0.1) is 13.2 Å². The predicted octanol–water partition coefficient (Wildman–Crippen LogP) is 8.48. The number of rotatable bonds is 22. The second-order valence-corrected chi connectivity index (χ2v) is 14.5. The van der Waals surface area contributed by atoms with Crippen LogP contribution in [-0.2, 0) is 20.9 Å². The van der Waals surface area contributed by atoms with Gasteiger partial charge < -0.3 is 34.0 Å². The van der Waals surface area contributed by atoms with E-state index in [4.69, 9.17) is 28.9 Å². The van der Waals surface area contributed by atoms with Crippen LogP contribution in [0.25, 0.3) is 0 Å². The van der Waals surface area contributed by atoms with Gasteiger partial charge in [-0.05, 0) is 87.1 Å². The number of halogens is 1. The maximum atomic E-state index is 14.6. The van der Waals surface area contributed by atoms with E-state index in [0.29, 0.717) is 62.3 Å². The van der Waals surface area contributed by atoms with Crippen molar-refractivity contribution in [3.05, 3.63) is 96.4 Å². The van der Waals surface area contributed by atoms with E-state index in [1.165, 1.54) is 6.07 Å². The van der Waals surface area contributed by atoms with E-state index in [9.17, 15) is 19.4 Å². The first-order valence-corrected chi connectivity index (χ1v) is 20.0. The van der Waals surface area contributed by atoms with E-state index in [1.54, 1.807) is 35.3 Å². The van der Waals surface area contributed by atoms with Crippen LogP contribution < -0.4 is 9.47 Å². The topological polar surface area (TPSA) is 119 Å². The molecule has 10 nitrogen and oxygen atoms in total. The molecule has 1 heterocycles. The molecule has 0 bridgehead atoms. The van der Waals surface area contributed by atoms with Gasteiger partial charge in [-0.2, -0.15) is 0 Å². The highest BCUT2D eigenvalue weighted by Gasteiger charge is 2.65. The van der Waals surface area contributed by atoms with Crippen molar-refractivity contribution in [3.8, 4) is 11.5 Å². The summed E-state index contributed by atoms with van der Waals surface area (Å²) < 4.78 is 40.9. The maximum absolute atomic E-state index is 14.6. The lowest BCUT2D eigenvalue weighted by molar-refractivity contribution is -0.255. The summed E-state index contributed by atoms with van der Waals surface area (Å²) >= 11 is 0. The Labute approximate surface area is 325 Å². The molecule has 0 saturated heterocycles. The Kier molecular flexibility index (Phi) is 15.8. The standard InChI is InChI=1S/C44H59FN2O8/c1-5-9-26-51-43(50)47(22-6-2)40-29-38(46-54-8-4)35-27-31(16-12-14-23-48)34(18-13-15-24-49)41-36-28-33(52-30-32-17-10-11-19-37(32)45)20-21-39(36)55-44(40,42(35)41)53-25-7-3/h5,7,10-11,17,19-21,27-28,31,34,40-42,48-49H,1,3,6,8-9,12-16,18,22-26,29-30H2,2,4H3. The molecular weight excluding hydrogens is 703 g/mol. The lowest BCUT2D eigenvalue weighted by atomic mass is 9.55. The summed E-state index contributed by atoms with van der Waals surface area (Å²) in [6.45, 7) is 13.0. The lowest BCUT2D eigenvalue weighted by Gasteiger charge is -2.59. The average Bonchev–Trinajstić information content (AvgIpc) is 3.19. The first-order chi connectivity index (χ1) is 26.9. The molecule has 1 saturated carbocycles. The zero-order chi connectivity index (χ0) is 39.2. The molecule has 11 heteroatoms. The van der Waals surface area contributed by atoms with Gasteiger partial charge >= 0.3 is 6.09 Å². The van der Waals surface area contributed by atoms with Crippen LogP contribution in [0, 0.1) is 23.6 Å². The zero-order valence-corrected chi connectivity index (χ0v) is 32.5. The number of aliphatic hydroxyl groups is 2. The number of ether oxygens (including phenoxy) is 4. The first kappa shape index (κ1) is 42.0. The molecule has 300 valence electrons. The highest BCUT2D eigenvalue weighted by atomic mass is 19.1. The summed E-state index contributed by atoms with van der Waals surface area (Å²) in [5.41, 5.74) is 3.04. The van der Waals surface area contributed by atoms with Crippen LogP contribution in [-0.4, -0.2) is 78.3 Å². The molecular formula is C44H59FN2O8. The zero-order valence-electron chi connectivity index (χ0n) is 32.5. The highest BCUT2D eigenvalue weighted by molar-refractivity contribution is 6.03. The molecule has 1 amide bonds. The van der Waals surface area contributed by atoms with E-state index in [2.05, 4.69) is 19.2 Å². The summed E-state index contributed by atoms with van der Waals surface area (Å²) in [6, 6.07) is 11.6. The van der Waals surface area contributed by atoms with Crippen molar-refractivity contribution in [2.45, 2.75) is 96.0 Å². The van der Waals surface area contributed by atoms with Crippen molar-refractivity contribution in [2.75, 3.05) is 39.6 Å². The van der Waals surface area contributed by atoms with Crippen molar-refractivity contribution in [1.82, 2.24) is 4.90 Å². The number of fused-ring (bicyclic) bond motifs is 2. The molecule has 3 aliphatic rings. The van der Waals surface area contributed by atoms with Gasteiger partial charge in [-0.1, -0.05) is 61.3 Å². The Morgan fingerprint density at radius 2 is 1.85 bits per heavy atom. The molecule has 2 aromatic rings. The lowest BCUT2D eigenvalue weighted by Crippen LogP contribution is -2.70. The van der Waals surface area contributed by atoms with Gasteiger partial charge in [-0.25, -0.2) is 9.18 Å². The number of unbranched alkanes of at least 4 members (excludes halogenated alkanes) is 2. The minimum absolute atomic E-state index is 0.0504. The summed E-state index contributed by atoms with van der Waals surface area (Å²) in [4.78, 5) is 21.6. The molecule has 0 radical (unpaired) electrons. The minimum Gasteiger partial charge on any atom is -0.489 e. The molecule has 0 spiro atoms. The number of hydrogen-bond donors (Lipinski definition) is 2. The van der Waals surface area contributed by atoms with E-state index >= 15 is 0 Å². The van der Waals surface area contributed by atoms with Crippen LogP contribution in [0.1, 0.15) is 88.7 Å². The molecule has 2 aliphatic carbocycles. The number of carbonyl (C=O) groups is 1. The largest absolute Gasteiger partial charge is 0.489 e.